The number of fused-ring (bicyclic) bond motifs is 1. The van der Waals surface area contributed by atoms with Gasteiger partial charge in [-0.05, 0) is 46.2 Å². The summed E-state index contributed by atoms with van der Waals surface area (Å²) in [5, 5.41) is 11.8. The number of methoxy groups -OCH3 is 1. The first-order chi connectivity index (χ1) is 11.1. The van der Waals surface area contributed by atoms with Crippen LogP contribution in [0.2, 0.25) is 0 Å². The third kappa shape index (κ3) is 3.14. The smallest absolute Gasteiger partial charge is 0.360 e. The number of carbonyl (C=O) groups excluding carboxylic acids is 1. The van der Waals surface area contributed by atoms with E-state index < -0.39 is 5.97 Å². The minimum atomic E-state index is -0.643. The summed E-state index contributed by atoms with van der Waals surface area (Å²) < 4.78 is 5.34. The number of halogens is 1. The molecule has 0 radical (unpaired) electrons. The monoisotopic (exact) mass is 419 g/mol. The first-order valence-corrected chi connectivity index (χ1v) is 8.11. The summed E-state index contributed by atoms with van der Waals surface area (Å²) in [5.41, 5.74) is 2.18. The lowest BCUT2D eigenvalue weighted by Gasteiger charge is -2.10. The molecule has 1 heterocycles. The minimum absolute atomic E-state index is 0.0544. The maximum absolute atomic E-state index is 11.8. The van der Waals surface area contributed by atoms with E-state index >= 15 is 0 Å². The van der Waals surface area contributed by atoms with Crippen molar-refractivity contribution in [3.63, 3.8) is 0 Å². The van der Waals surface area contributed by atoms with Crippen molar-refractivity contribution >= 4 is 39.3 Å². The lowest BCUT2D eigenvalue weighted by molar-refractivity contribution is 0.0590. The van der Waals surface area contributed by atoms with Gasteiger partial charge in [0.15, 0.2) is 11.4 Å². The fourth-order valence-electron chi connectivity index (χ4n) is 2.49. The summed E-state index contributed by atoms with van der Waals surface area (Å²) in [5.74, 6) is -0.780. The van der Waals surface area contributed by atoms with Crippen LogP contribution in [0.1, 0.15) is 21.6 Å². The summed E-state index contributed by atoms with van der Waals surface area (Å²) in [6.45, 7) is 0. The first-order valence-electron chi connectivity index (χ1n) is 7.03. The molecule has 0 atom stereocenters. The average molecular weight is 419 g/mol. The molecule has 0 bridgehead atoms. The van der Waals surface area contributed by atoms with Gasteiger partial charge in [-0.2, -0.15) is 0 Å². The van der Waals surface area contributed by atoms with E-state index in [0.717, 1.165) is 17.4 Å². The molecule has 2 aromatic carbocycles. The maximum atomic E-state index is 11.8. The molecule has 0 aliphatic carbocycles. The average Bonchev–Trinajstić information content (AvgIpc) is 2.58. The SMILES string of the molecule is COC(=O)c1nc(I)c2ccc(Cc3ccccc3)cc2c1O. The number of hydrogen-bond acceptors (Lipinski definition) is 4. The van der Waals surface area contributed by atoms with Crippen LogP contribution >= 0.6 is 22.6 Å². The van der Waals surface area contributed by atoms with Gasteiger partial charge < -0.3 is 9.84 Å². The number of aromatic nitrogens is 1. The summed E-state index contributed by atoms with van der Waals surface area (Å²) in [4.78, 5) is 15.9. The van der Waals surface area contributed by atoms with Gasteiger partial charge in [-0.1, -0.05) is 42.5 Å². The number of nitrogens with zero attached hydrogens (tertiary/aromatic N) is 1. The molecule has 0 amide bonds. The van der Waals surface area contributed by atoms with Gasteiger partial charge in [0.25, 0.3) is 0 Å². The Kier molecular flexibility index (Phi) is 4.47. The summed E-state index contributed by atoms with van der Waals surface area (Å²) in [7, 11) is 1.27. The van der Waals surface area contributed by atoms with Gasteiger partial charge in [0.2, 0.25) is 0 Å². The van der Waals surface area contributed by atoms with Crippen LogP contribution in [0.3, 0.4) is 0 Å². The number of pyridine rings is 1. The third-order valence-electron chi connectivity index (χ3n) is 3.63. The molecule has 0 saturated carbocycles. The zero-order valence-electron chi connectivity index (χ0n) is 12.4. The van der Waals surface area contributed by atoms with Crippen LogP contribution in [0, 0.1) is 3.70 Å². The minimum Gasteiger partial charge on any atom is -0.505 e. The Morgan fingerprint density at radius 2 is 1.87 bits per heavy atom. The van der Waals surface area contributed by atoms with Crippen LogP contribution in [0.25, 0.3) is 10.8 Å². The van der Waals surface area contributed by atoms with Crippen molar-refractivity contribution in [2.75, 3.05) is 7.11 Å². The molecule has 0 aliphatic rings. The molecule has 4 nitrogen and oxygen atoms in total. The van der Waals surface area contributed by atoms with E-state index in [1.165, 1.54) is 12.7 Å². The fourth-order valence-corrected chi connectivity index (χ4v) is 3.20. The van der Waals surface area contributed by atoms with Crippen molar-refractivity contribution in [3.05, 3.63) is 69.1 Å². The highest BCUT2D eigenvalue weighted by atomic mass is 127. The van der Waals surface area contributed by atoms with Crippen molar-refractivity contribution in [2.24, 2.45) is 0 Å². The predicted molar refractivity (Wildman–Crippen MR) is 96.7 cm³/mol. The number of esters is 1. The number of ether oxygens (including phenoxy) is 1. The van der Waals surface area contributed by atoms with E-state index in [0.29, 0.717) is 9.09 Å². The topological polar surface area (TPSA) is 59.4 Å². The summed E-state index contributed by atoms with van der Waals surface area (Å²) in [6, 6.07) is 15.9. The fraction of sp³-hybridized carbons (Fsp3) is 0.111. The van der Waals surface area contributed by atoms with Crippen LogP contribution in [0.5, 0.6) is 5.75 Å². The van der Waals surface area contributed by atoms with E-state index in [4.69, 9.17) is 0 Å². The highest BCUT2D eigenvalue weighted by molar-refractivity contribution is 14.1. The quantitative estimate of drug-likeness (QED) is 0.397. The van der Waals surface area contributed by atoms with Gasteiger partial charge in [0.1, 0.15) is 3.70 Å². The number of benzene rings is 2. The van der Waals surface area contributed by atoms with Gasteiger partial charge in [-0.15, -0.1) is 0 Å². The number of rotatable bonds is 3. The van der Waals surface area contributed by atoms with Crippen LogP contribution in [-0.2, 0) is 11.2 Å². The number of hydrogen-bond donors (Lipinski definition) is 1. The van der Waals surface area contributed by atoms with Crippen molar-refractivity contribution in [2.45, 2.75) is 6.42 Å². The van der Waals surface area contributed by atoms with Crippen LogP contribution < -0.4 is 0 Å². The molecular weight excluding hydrogens is 405 g/mol. The highest BCUT2D eigenvalue weighted by Crippen LogP contribution is 2.32. The first kappa shape index (κ1) is 15.7. The van der Waals surface area contributed by atoms with E-state index in [9.17, 15) is 9.90 Å². The molecule has 116 valence electrons. The lowest BCUT2D eigenvalue weighted by Crippen LogP contribution is -2.06. The molecule has 5 heteroatoms. The largest absolute Gasteiger partial charge is 0.505 e. The van der Waals surface area contributed by atoms with Crippen LogP contribution in [0.4, 0.5) is 0 Å². The molecule has 0 unspecified atom stereocenters. The maximum Gasteiger partial charge on any atom is 0.360 e. The van der Waals surface area contributed by atoms with Crippen molar-refractivity contribution < 1.29 is 14.6 Å². The molecule has 0 aliphatic heterocycles. The van der Waals surface area contributed by atoms with Gasteiger partial charge in [0.05, 0.1) is 7.11 Å². The van der Waals surface area contributed by atoms with Crippen molar-refractivity contribution in [3.8, 4) is 5.75 Å². The van der Waals surface area contributed by atoms with E-state index in [1.54, 1.807) is 0 Å². The third-order valence-corrected chi connectivity index (χ3v) is 4.45. The Morgan fingerprint density at radius 3 is 2.57 bits per heavy atom. The zero-order chi connectivity index (χ0) is 16.4. The molecule has 3 aromatic rings. The summed E-state index contributed by atoms with van der Waals surface area (Å²) >= 11 is 2.06. The Hall–Kier alpha value is -2.15. The van der Waals surface area contributed by atoms with Crippen LogP contribution in [-0.4, -0.2) is 23.2 Å². The van der Waals surface area contributed by atoms with E-state index in [-0.39, 0.29) is 11.4 Å². The standard InChI is InChI=1S/C18H14INO3/c1-23-18(22)15-16(21)14-10-12(7-8-13(14)17(19)20-15)9-11-5-3-2-4-6-11/h2-8,10,21H,9H2,1H3. The molecular formula is C18H14INO3. The molecule has 23 heavy (non-hydrogen) atoms. The van der Waals surface area contributed by atoms with E-state index in [2.05, 4.69) is 44.4 Å². The van der Waals surface area contributed by atoms with Crippen molar-refractivity contribution in [1.29, 1.82) is 0 Å². The van der Waals surface area contributed by atoms with Crippen molar-refractivity contribution in [1.82, 2.24) is 4.98 Å². The van der Waals surface area contributed by atoms with Gasteiger partial charge in [-0.25, -0.2) is 9.78 Å². The second-order valence-electron chi connectivity index (χ2n) is 5.13. The second-order valence-corrected chi connectivity index (χ2v) is 6.16. The van der Waals surface area contributed by atoms with E-state index in [1.807, 2.05) is 36.4 Å². The predicted octanol–water partition coefficient (Wildman–Crippen LogP) is 3.92. The molecule has 1 N–H and O–H groups in total. The molecule has 0 fully saturated rings. The normalized spacial score (nSPS) is 10.7. The van der Waals surface area contributed by atoms with Gasteiger partial charge in [0, 0.05) is 10.8 Å². The second kappa shape index (κ2) is 6.54. The molecule has 0 saturated heterocycles. The highest BCUT2D eigenvalue weighted by Gasteiger charge is 2.19. The molecule has 1 aromatic heterocycles. The zero-order valence-corrected chi connectivity index (χ0v) is 14.6. The molecule has 3 rings (SSSR count). The summed E-state index contributed by atoms with van der Waals surface area (Å²) in [6.07, 6.45) is 0.753. The van der Waals surface area contributed by atoms with Gasteiger partial charge in [-0.3, -0.25) is 0 Å². The Labute approximate surface area is 147 Å². The number of aromatic hydroxyl groups is 1. The van der Waals surface area contributed by atoms with Gasteiger partial charge >= 0.3 is 5.97 Å². The Morgan fingerprint density at radius 1 is 1.13 bits per heavy atom. The lowest BCUT2D eigenvalue weighted by atomic mass is 10.0. The Balaban J connectivity index is 2.10. The van der Waals surface area contributed by atoms with Crippen LogP contribution in [0.15, 0.2) is 48.5 Å². The number of carbonyl (C=O) groups is 1. The Bertz CT molecular complexity index is 878. The molecule has 0 spiro atoms.